The molecule has 4 aromatic rings. The molecule has 0 aliphatic heterocycles. The quantitative estimate of drug-likeness (QED) is 0.584. The van der Waals surface area contributed by atoms with E-state index in [-0.39, 0.29) is 0 Å². The van der Waals surface area contributed by atoms with Crippen LogP contribution in [0, 0.1) is 0 Å². The van der Waals surface area contributed by atoms with Crippen molar-refractivity contribution < 1.29 is 0 Å². The Labute approximate surface area is 131 Å². The summed E-state index contributed by atoms with van der Waals surface area (Å²) in [4.78, 5) is 8.31. The number of rotatable bonds is 3. The van der Waals surface area contributed by atoms with Gasteiger partial charge in [0, 0.05) is 22.8 Å². The van der Waals surface area contributed by atoms with Gasteiger partial charge < -0.3 is 4.57 Å². The lowest BCUT2D eigenvalue weighted by molar-refractivity contribution is 0.770. The number of fused-ring (bicyclic) bond motifs is 1. The zero-order valence-corrected chi connectivity index (χ0v) is 12.2. The summed E-state index contributed by atoms with van der Waals surface area (Å²) in [5, 5.41) is 10.1. The minimum Gasteiger partial charge on any atom is -0.326 e. The Morgan fingerprint density at radius 3 is 2.82 bits per heavy atom. The van der Waals surface area contributed by atoms with Gasteiger partial charge in [-0.2, -0.15) is 0 Å². The second kappa shape index (κ2) is 5.23. The average molecular weight is 311 g/mol. The highest BCUT2D eigenvalue weighted by atomic mass is 35.5. The molecule has 0 atom stereocenters. The first-order valence-electron chi connectivity index (χ1n) is 6.71. The Morgan fingerprint density at radius 2 is 1.95 bits per heavy atom. The van der Waals surface area contributed by atoms with Crippen LogP contribution >= 0.6 is 11.6 Å². The van der Waals surface area contributed by atoms with Crippen molar-refractivity contribution in [1.29, 1.82) is 0 Å². The van der Waals surface area contributed by atoms with E-state index in [0.717, 1.165) is 22.4 Å². The predicted octanol–water partition coefficient (Wildman–Crippen LogP) is 2.71. The van der Waals surface area contributed by atoms with Crippen LogP contribution in [0.25, 0.3) is 16.7 Å². The van der Waals surface area contributed by atoms with Crippen LogP contribution in [-0.2, 0) is 6.54 Å². The van der Waals surface area contributed by atoms with Crippen LogP contribution < -0.4 is 0 Å². The Kier molecular flexibility index (Phi) is 3.08. The van der Waals surface area contributed by atoms with Gasteiger partial charge in [0.15, 0.2) is 0 Å². The Balaban J connectivity index is 1.63. The molecule has 0 N–H and O–H groups in total. The molecule has 0 unspecified atom stereocenters. The Morgan fingerprint density at radius 1 is 1.09 bits per heavy atom. The van der Waals surface area contributed by atoms with Crippen molar-refractivity contribution in [2.24, 2.45) is 0 Å². The summed E-state index contributed by atoms with van der Waals surface area (Å²) in [5.41, 5.74) is 2.66. The van der Waals surface area contributed by atoms with E-state index in [0.29, 0.717) is 11.6 Å². The molecule has 0 spiro atoms. The number of hydrogen-bond donors (Lipinski definition) is 0. The first kappa shape index (κ1) is 13.0. The topological polar surface area (TPSA) is 61.4 Å². The molecular formula is C15H11ClN6. The van der Waals surface area contributed by atoms with Crippen molar-refractivity contribution in [3.05, 3.63) is 66.0 Å². The molecule has 0 fully saturated rings. The maximum Gasteiger partial charge on any atom is 0.143 e. The Bertz CT molecular complexity index is 925. The minimum absolute atomic E-state index is 0.605. The fraction of sp³-hybridized carbons (Fsp3) is 0.0667. The highest BCUT2D eigenvalue weighted by Gasteiger charge is 2.07. The summed E-state index contributed by atoms with van der Waals surface area (Å²) in [6, 6.07) is 9.44. The van der Waals surface area contributed by atoms with Gasteiger partial charge in [-0.1, -0.05) is 16.8 Å². The molecule has 0 aliphatic carbocycles. The molecular weight excluding hydrogens is 300 g/mol. The third kappa shape index (κ3) is 2.33. The number of aromatic nitrogens is 6. The third-order valence-corrected chi connectivity index (χ3v) is 3.64. The smallest absolute Gasteiger partial charge is 0.143 e. The fourth-order valence-corrected chi connectivity index (χ4v) is 2.45. The minimum atomic E-state index is 0.605. The molecule has 22 heavy (non-hydrogen) atoms. The van der Waals surface area contributed by atoms with E-state index >= 15 is 0 Å². The van der Waals surface area contributed by atoms with Crippen LogP contribution in [0.15, 0.2) is 55.2 Å². The van der Waals surface area contributed by atoms with E-state index < -0.39 is 0 Å². The molecule has 0 saturated carbocycles. The molecule has 7 heteroatoms. The summed E-state index contributed by atoms with van der Waals surface area (Å²) in [7, 11) is 0. The average Bonchev–Trinajstić information content (AvgIpc) is 3.16. The van der Waals surface area contributed by atoms with Gasteiger partial charge in [-0.15, -0.1) is 5.10 Å². The summed E-state index contributed by atoms with van der Waals surface area (Å²) < 4.78 is 3.75. The molecule has 0 amide bonds. The lowest BCUT2D eigenvalue weighted by atomic mass is 10.3. The molecule has 4 rings (SSSR count). The van der Waals surface area contributed by atoms with Crippen LogP contribution in [0.2, 0.25) is 5.02 Å². The Hall–Kier alpha value is -2.73. The molecule has 0 aliphatic rings. The molecule has 3 heterocycles. The number of nitrogens with zero attached hydrogens (tertiary/aromatic N) is 6. The van der Waals surface area contributed by atoms with Crippen molar-refractivity contribution >= 4 is 22.6 Å². The molecule has 0 bridgehead atoms. The van der Waals surface area contributed by atoms with E-state index in [4.69, 9.17) is 11.6 Å². The maximum atomic E-state index is 5.89. The van der Waals surface area contributed by atoms with Crippen molar-refractivity contribution in [2.45, 2.75) is 6.54 Å². The van der Waals surface area contributed by atoms with Gasteiger partial charge in [0.05, 0.1) is 18.4 Å². The summed E-state index contributed by atoms with van der Waals surface area (Å²) in [5.74, 6) is 0. The van der Waals surface area contributed by atoms with Gasteiger partial charge in [-0.25, -0.2) is 14.6 Å². The van der Waals surface area contributed by atoms with Crippen LogP contribution in [0.3, 0.4) is 0 Å². The van der Waals surface area contributed by atoms with Gasteiger partial charge >= 0.3 is 0 Å². The van der Waals surface area contributed by atoms with Gasteiger partial charge in [-0.3, -0.25) is 0 Å². The number of halogens is 1. The third-order valence-electron chi connectivity index (χ3n) is 3.39. The van der Waals surface area contributed by atoms with E-state index in [9.17, 15) is 0 Å². The summed E-state index contributed by atoms with van der Waals surface area (Å²) >= 11 is 5.89. The highest BCUT2D eigenvalue weighted by molar-refractivity contribution is 6.30. The molecule has 108 valence electrons. The van der Waals surface area contributed by atoms with Gasteiger partial charge in [0.1, 0.15) is 17.7 Å². The highest BCUT2D eigenvalue weighted by Crippen LogP contribution is 2.15. The lowest BCUT2D eigenvalue weighted by Crippen LogP contribution is -1.99. The molecule has 0 saturated heterocycles. The van der Waals surface area contributed by atoms with Crippen LogP contribution in [0.5, 0.6) is 0 Å². The van der Waals surface area contributed by atoms with E-state index in [1.807, 2.05) is 47.3 Å². The zero-order valence-electron chi connectivity index (χ0n) is 11.5. The standard InChI is InChI=1S/C15H11ClN6/c16-12-1-3-14(4-2-12)22-9-13(19-20-22)8-21-6-5-11-7-17-10-18-15(11)21/h1-7,9-10H,8H2. The second-order valence-electron chi connectivity index (χ2n) is 4.88. The predicted molar refractivity (Wildman–Crippen MR) is 83.0 cm³/mol. The van der Waals surface area contributed by atoms with Gasteiger partial charge in [0.25, 0.3) is 0 Å². The normalized spacial score (nSPS) is 11.1. The van der Waals surface area contributed by atoms with Crippen LogP contribution in [-0.4, -0.2) is 29.5 Å². The summed E-state index contributed by atoms with van der Waals surface area (Å²) in [6.45, 7) is 0.605. The SMILES string of the molecule is Clc1ccc(-n2cc(Cn3ccc4cncnc43)nn2)cc1. The summed E-state index contributed by atoms with van der Waals surface area (Å²) in [6.07, 6.45) is 7.21. The van der Waals surface area contributed by atoms with Crippen molar-refractivity contribution in [3.63, 3.8) is 0 Å². The second-order valence-corrected chi connectivity index (χ2v) is 5.31. The fourth-order valence-electron chi connectivity index (χ4n) is 2.33. The molecule has 6 nitrogen and oxygen atoms in total. The molecule has 0 radical (unpaired) electrons. The van der Waals surface area contributed by atoms with Crippen molar-refractivity contribution in [2.75, 3.05) is 0 Å². The van der Waals surface area contributed by atoms with Gasteiger partial charge in [-0.05, 0) is 30.3 Å². The monoisotopic (exact) mass is 310 g/mol. The first-order valence-corrected chi connectivity index (χ1v) is 7.09. The maximum absolute atomic E-state index is 5.89. The molecule has 1 aromatic carbocycles. The van der Waals surface area contributed by atoms with E-state index in [2.05, 4.69) is 20.3 Å². The van der Waals surface area contributed by atoms with Crippen molar-refractivity contribution in [1.82, 2.24) is 29.5 Å². The number of benzene rings is 1. The van der Waals surface area contributed by atoms with Gasteiger partial charge in [0.2, 0.25) is 0 Å². The number of hydrogen-bond acceptors (Lipinski definition) is 4. The van der Waals surface area contributed by atoms with E-state index in [1.165, 1.54) is 0 Å². The zero-order chi connectivity index (χ0) is 14.9. The van der Waals surface area contributed by atoms with Crippen LogP contribution in [0.4, 0.5) is 0 Å². The molecule has 3 aromatic heterocycles. The van der Waals surface area contributed by atoms with Crippen LogP contribution in [0.1, 0.15) is 5.69 Å². The van der Waals surface area contributed by atoms with E-state index in [1.54, 1.807) is 17.2 Å². The lowest BCUT2D eigenvalue weighted by Gasteiger charge is -2.01. The first-order chi connectivity index (χ1) is 10.8. The largest absolute Gasteiger partial charge is 0.326 e. The van der Waals surface area contributed by atoms with Crippen molar-refractivity contribution in [3.8, 4) is 5.69 Å².